The van der Waals surface area contributed by atoms with Gasteiger partial charge in [0.15, 0.2) is 11.2 Å². The summed E-state index contributed by atoms with van der Waals surface area (Å²) in [6.07, 6.45) is 7.70. The van der Waals surface area contributed by atoms with E-state index >= 15 is 0 Å². The zero-order chi connectivity index (χ0) is 20.5. The van der Waals surface area contributed by atoms with E-state index in [-0.39, 0.29) is 0 Å². The van der Waals surface area contributed by atoms with Crippen LogP contribution in [0.4, 0.5) is 11.6 Å². The minimum absolute atomic E-state index is 0.431. The molecule has 30 heavy (non-hydrogen) atoms. The first kappa shape index (κ1) is 18.5. The Kier molecular flexibility index (Phi) is 4.75. The van der Waals surface area contributed by atoms with Gasteiger partial charge in [-0.1, -0.05) is 5.21 Å². The van der Waals surface area contributed by atoms with Gasteiger partial charge in [0.05, 0.1) is 36.9 Å². The second-order valence-electron chi connectivity index (χ2n) is 7.47. The molecule has 1 N–H and O–H groups in total. The first-order valence-electron chi connectivity index (χ1n) is 9.92. The third-order valence-corrected chi connectivity index (χ3v) is 5.43. The number of nitrogens with one attached hydrogen (secondary N) is 1. The first-order chi connectivity index (χ1) is 14.7. The van der Waals surface area contributed by atoms with Gasteiger partial charge in [-0.2, -0.15) is 14.8 Å². The van der Waals surface area contributed by atoms with Crippen molar-refractivity contribution in [1.82, 2.24) is 39.6 Å². The monoisotopic (exact) mass is 405 g/mol. The van der Waals surface area contributed by atoms with Crippen LogP contribution in [0.5, 0.6) is 5.75 Å². The molecule has 0 saturated carbocycles. The Labute approximate surface area is 173 Å². The van der Waals surface area contributed by atoms with Crippen molar-refractivity contribution in [3.05, 3.63) is 42.9 Å². The van der Waals surface area contributed by atoms with Crippen LogP contribution in [0.3, 0.4) is 0 Å². The Morgan fingerprint density at radius 2 is 1.90 bits per heavy atom. The molecule has 154 valence electrons. The third-order valence-electron chi connectivity index (χ3n) is 5.43. The van der Waals surface area contributed by atoms with Crippen LogP contribution < -0.4 is 10.1 Å². The average molecular weight is 405 g/mol. The summed E-state index contributed by atoms with van der Waals surface area (Å²) in [6, 6.07) is 8.00. The first-order valence-corrected chi connectivity index (χ1v) is 9.92. The molecule has 0 bridgehead atoms. The molecule has 0 spiro atoms. The van der Waals surface area contributed by atoms with Crippen LogP contribution >= 0.6 is 0 Å². The summed E-state index contributed by atoms with van der Waals surface area (Å²) in [6.45, 7) is 2.19. The number of likely N-dealkylation sites (tertiary alicyclic amines) is 1. The van der Waals surface area contributed by atoms with Crippen molar-refractivity contribution in [2.24, 2.45) is 0 Å². The Hall–Kier alpha value is -3.53. The van der Waals surface area contributed by atoms with E-state index in [1.54, 1.807) is 18.0 Å². The van der Waals surface area contributed by atoms with Crippen molar-refractivity contribution in [3.8, 4) is 11.4 Å². The van der Waals surface area contributed by atoms with E-state index in [4.69, 9.17) is 4.74 Å². The van der Waals surface area contributed by atoms with E-state index in [2.05, 4.69) is 42.6 Å². The van der Waals surface area contributed by atoms with Gasteiger partial charge < -0.3 is 15.0 Å². The summed E-state index contributed by atoms with van der Waals surface area (Å²) in [5, 5.41) is 16.2. The van der Waals surface area contributed by atoms with E-state index in [0.29, 0.717) is 23.2 Å². The molecule has 0 aliphatic carbocycles. The maximum absolute atomic E-state index is 5.22. The van der Waals surface area contributed by atoms with Gasteiger partial charge >= 0.3 is 0 Å². The molecular formula is C20H23N9O. The summed E-state index contributed by atoms with van der Waals surface area (Å²) in [5.74, 6) is 1.25. The van der Waals surface area contributed by atoms with Crippen molar-refractivity contribution < 1.29 is 4.74 Å². The lowest BCUT2D eigenvalue weighted by molar-refractivity contribution is 0.212. The van der Waals surface area contributed by atoms with Gasteiger partial charge in [0, 0.05) is 6.20 Å². The van der Waals surface area contributed by atoms with E-state index in [1.807, 2.05) is 41.3 Å². The Bertz CT molecular complexity index is 1140. The number of benzene rings is 1. The SMILES string of the molecule is COc1ccc(-n2nnc3cnc(Nc4cnn(C5CCN(C)CC5)c4)nc32)cc1. The van der Waals surface area contributed by atoms with Gasteiger partial charge in [0.25, 0.3) is 0 Å². The minimum Gasteiger partial charge on any atom is -0.497 e. The Morgan fingerprint density at radius 1 is 1.10 bits per heavy atom. The highest BCUT2D eigenvalue weighted by Crippen LogP contribution is 2.24. The van der Waals surface area contributed by atoms with Gasteiger partial charge in [-0.15, -0.1) is 5.10 Å². The fourth-order valence-corrected chi connectivity index (χ4v) is 3.68. The topological polar surface area (TPSA) is 98.8 Å². The van der Waals surface area contributed by atoms with Crippen molar-refractivity contribution in [2.75, 3.05) is 32.6 Å². The fourth-order valence-electron chi connectivity index (χ4n) is 3.68. The second kappa shape index (κ2) is 7.71. The zero-order valence-electron chi connectivity index (χ0n) is 16.9. The predicted octanol–water partition coefficient (Wildman–Crippen LogP) is 2.43. The number of nitrogens with zero attached hydrogens (tertiary/aromatic N) is 8. The molecule has 0 amide bonds. The number of anilines is 2. The van der Waals surface area contributed by atoms with E-state index < -0.39 is 0 Å². The van der Waals surface area contributed by atoms with Gasteiger partial charge in [-0.3, -0.25) is 4.68 Å². The molecule has 10 nitrogen and oxygen atoms in total. The molecular weight excluding hydrogens is 382 g/mol. The lowest BCUT2D eigenvalue weighted by Crippen LogP contribution is -2.31. The molecule has 10 heteroatoms. The van der Waals surface area contributed by atoms with Gasteiger partial charge in [0.1, 0.15) is 5.75 Å². The molecule has 1 saturated heterocycles. The van der Waals surface area contributed by atoms with E-state index in [1.165, 1.54) is 0 Å². The van der Waals surface area contributed by atoms with Crippen LogP contribution in [-0.4, -0.2) is 66.9 Å². The molecule has 3 aromatic heterocycles. The summed E-state index contributed by atoms with van der Waals surface area (Å²) in [4.78, 5) is 11.3. The number of aromatic nitrogens is 7. The normalized spacial score (nSPS) is 15.5. The summed E-state index contributed by atoms with van der Waals surface area (Å²) >= 11 is 0. The second-order valence-corrected chi connectivity index (χ2v) is 7.47. The third kappa shape index (κ3) is 3.57. The molecule has 1 aromatic carbocycles. The number of fused-ring (bicyclic) bond motifs is 1. The molecule has 5 rings (SSSR count). The fraction of sp³-hybridized carbons (Fsp3) is 0.350. The number of hydrogen-bond donors (Lipinski definition) is 1. The van der Waals surface area contributed by atoms with Crippen molar-refractivity contribution >= 4 is 22.8 Å². The highest BCUT2D eigenvalue weighted by Gasteiger charge is 2.19. The molecule has 4 heterocycles. The number of piperidine rings is 1. The predicted molar refractivity (Wildman–Crippen MR) is 112 cm³/mol. The molecule has 0 atom stereocenters. The Balaban J connectivity index is 1.37. The largest absolute Gasteiger partial charge is 0.497 e. The number of rotatable bonds is 5. The quantitative estimate of drug-likeness (QED) is 0.541. The molecule has 1 aliphatic heterocycles. The Morgan fingerprint density at radius 3 is 2.67 bits per heavy atom. The minimum atomic E-state index is 0.431. The van der Waals surface area contributed by atoms with Crippen molar-refractivity contribution in [1.29, 1.82) is 0 Å². The average Bonchev–Trinajstić information content (AvgIpc) is 3.41. The maximum atomic E-state index is 5.22. The molecule has 1 aliphatic rings. The lowest BCUT2D eigenvalue weighted by Gasteiger charge is -2.28. The standard InChI is InChI=1S/C20H23N9O/c1-27-9-7-15(8-10-27)28-13-14(11-22-28)23-20-21-12-18-19(24-20)29(26-25-18)16-3-5-17(30-2)6-4-16/h3-6,11-13,15H,7-10H2,1-2H3,(H,21,23,24). The van der Waals surface area contributed by atoms with E-state index in [9.17, 15) is 0 Å². The van der Waals surface area contributed by atoms with Crippen LogP contribution in [0, 0.1) is 0 Å². The number of methoxy groups -OCH3 is 1. The highest BCUT2D eigenvalue weighted by molar-refractivity contribution is 5.72. The van der Waals surface area contributed by atoms with Crippen molar-refractivity contribution in [2.45, 2.75) is 18.9 Å². The summed E-state index contributed by atoms with van der Waals surface area (Å²) < 4.78 is 8.94. The summed E-state index contributed by atoms with van der Waals surface area (Å²) in [7, 11) is 3.80. The van der Waals surface area contributed by atoms with Crippen LogP contribution in [0.25, 0.3) is 16.9 Å². The zero-order valence-corrected chi connectivity index (χ0v) is 16.9. The van der Waals surface area contributed by atoms with Crippen LogP contribution in [0.1, 0.15) is 18.9 Å². The molecule has 0 unspecified atom stereocenters. The summed E-state index contributed by atoms with van der Waals surface area (Å²) in [5.41, 5.74) is 2.95. The number of hydrogen-bond acceptors (Lipinski definition) is 8. The van der Waals surface area contributed by atoms with E-state index in [0.717, 1.165) is 43.1 Å². The molecule has 0 radical (unpaired) electrons. The van der Waals surface area contributed by atoms with Crippen molar-refractivity contribution in [3.63, 3.8) is 0 Å². The van der Waals surface area contributed by atoms with Gasteiger partial charge in [-0.25, -0.2) is 4.98 Å². The van der Waals surface area contributed by atoms with Crippen LogP contribution in [-0.2, 0) is 0 Å². The van der Waals surface area contributed by atoms with Gasteiger partial charge in [-0.05, 0) is 57.2 Å². The molecule has 1 fully saturated rings. The van der Waals surface area contributed by atoms with Crippen LogP contribution in [0.15, 0.2) is 42.9 Å². The molecule has 4 aromatic rings. The number of ether oxygens (including phenoxy) is 1. The smallest absolute Gasteiger partial charge is 0.229 e. The van der Waals surface area contributed by atoms with Gasteiger partial charge in [0.2, 0.25) is 5.95 Å². The lowest BCUT2D eigenvalue weighted by atomic mass is 10.1. The van der Waals surface area contributed by atoms with Crippen LogP contribution in [0.2, 0.25) is 0 Å². The maximum Gasteiger partial charge on any atom is 0.229 e. The highest BCUT2D eigenvalue weighted by atomic mass is 16.5.